The SMILES string of the molecule is CCNC1CC([C@H](C)Nc2cc(-c3n[nH]c(=O)o3)ccc2C(F)(F)F)C1. The van der Waals surface area contributed by atoms with E-state index in [2.05, 4.69) is 20.8 Å². The van der Waals surface area contributed by atoms with Crippen molar-refractivity contribution in [2.75, 3.05) is 11.9 Å². The van der Waals surface area contributed by atoms with Crippen LogP contribution in [-0.2, 0) is 6.18 Å². The molecule has 0 aliphatic heterocycles. The molecule has 1 aliphatic rings. The van der Waals surface area contributed by atoms with Crippen molar-refractivity contribution in [2.45, 2.75) is 44.9 Å². The van der Waals surface area contributed by atoms with E-state index in [1.807, 2.05) is 13.8 Å². The van der Waals surface area contributed by atoms with Gasteiger partial charge in [0.15, 0.2) is 0 Å². The van der Waals surface area contributed by atoms with Crippen LogP contribution >= 0.6 is 0 Å². The number of halogens is 3. The van der Waals surface area contributed by atoms with Gasteiger partial charge in [0.1, 0.15) is 0 Å². The topological polar surface area (TPSA) is 83.0 Å². The van der Waals surface area contributed by atoms with Gasteiger partial charge in [-0.05, 0) is 50.4 Å². The molecule has 1 fully saturated rings. The van der Waals surface area contributed by atoms with Crippen molar-refractivity contribution in [1.29, 1.82) is 0 Å². The number of H-pyrrole nitrogens is 1. The minimum atomic E-state index is -4.49. The molecule has 0 bridgehead atoms. The number of alkyl halides is 3. The monoisotopic (exact) mass is 370 g/mol. The van der Waals surface area contributed by atoms with Gasteiger partial charge in [-0.1, -0.05) is 6.92 Å². The fraction of sp³-hybridized carbons (Fsp3) is 0.529. The summed E-state index contributed by atoms with van der Waals surface area (Å²) in [5.74, 6) is -0.505. The van der Waals surface area contributed by atoms with E-state index in [1.54, 1.807) is 0 Å². The third-order valence-corrected chi connectivity index (χ3v) is 4.77. The van der Waals surface area contributed by atoms with Gasteiger partial charge in [-0.15, -0.1) is 5.10 Å². The Balaban J connectivity index is 1.82. The predicted octanol–water partition coefficient (Wildman–Crippen LogP) is 3.24. The van der Waals surface area contributed by atoms with E-state index < -0.39 is 17.5 Å². The zero-order valence-electron chi connectivity index (χ0n) is 14.5. The van der Waals surface area contributed by atoms with Crippen LogP contribution in [0.3, 0.4) is 0 Å². The van der Waals surface area contributed by atoms with Gasteiger partial charge in [0, 0.05) is 23.3 Å². The quantitative estimate of drug-likeness (QED) is 0.727. The Bertz CT molecular complexity index is 809. The van der Waals surface area contributed by atoms with E-state index in [9.17, 15) is 18.0 Å². The molecule has 0 radical (unpaired) electrons. The number of nitrogens with zero attached hydrogens (tertiary/aromatic N) is 1. The van der Waals surface area contributed by atoms with Gasteiger partial charge in [-0.2, -0.15) is 13.2 Å². The number of nitrogens with one attached hydrogen (secondary N) is 3. The predicted molar refractivity (Wildman–Crippen MR) is 90.8 cm³/mol. The zero-order chi connectivity index (χ0) is 18.9. The second-order valence-electron chi connectivity index (χ2n) is 6.60. The highest BCUT2D eigenvalue weighted by Crippen LogP contribution is 2.39. The zero-order valence-corrected chi connectivity index (χ0v) is 14.5. The van der Waals surface area contributed by atoms with Crippen molar-refractivity contribution in [1.82, 2.24) is 15.5 Å². The summed E-state index contributed by atoms with van der Waals surface area (Å²) >= 11 is 0. The number of aromatic nitrogens is 2. The van der Waals surface area contributed by atoms with Crippen LogP contribution in [-0.4, -0.2) is 28.8 Å². The number of hydrogen-bond donors (Lipinski definition) is 3. The minimum Gasteiger partial charge on any atom is -0.388 e. The highest BCUT2D eigenvalue weighted by Gasteiger charge is 2.36. The molecule has 1 aromatic heterocycles. The molecule has 0 unspecified atom stereocenters. The first-order valence-corrected chi connectivity index (χ1v) is 8.55. The molecule has 9 heteroatoms. The average Bonchev–Trinajstić information content (AvgIpc) is 2.95. The molecular formula is C17H21F3N4O2. The van der Waals surface area contributed by atoms with Gasteiger partial charge in [0.2, 0.25) is 5.89 Å². The molecule has 3 rings (SSSR count). The van der Waals surface area contributed by atoms with Crippen LogP contribution < -0.4 is 16.4 Å². The molecule has 6 nitrogen and oxygen atoms in total. The Morgan fingerprint density at radius 1 is 1.38 bits per heavy atom. The van der Waals surface area contributed by atoms with Crippen LogP contribution in [0.25, 0.3) is 11.5 Å². The van der Waals surface area contributed by atoms with E-state index in [0.717, 1.165) is 25.5 Å². The summed E-state index contributed by atoms with van der Waals surface area (Å²) in [4.78, 5) is 11.1. The second kappa shape index (κ2) is 7.14. The third kappa shape index (κ3) is 3.92. The smallest absolute Gasteiger partial charge is 0.388 e. The summed E-state index contributed by atoms with van der Waals surface area (Å²) in [5, 5.41) is 12.1. The Hall–Kier alpha value is -2.29. The van der Waals surface area contributed by atoms with Crippen molar-refractivity contribution in [2.24, 2.45) is 5.92 Å². The van der Waals surface area contributed by atoms with Gasteiger partial charge in [-0.25, -0.2) is 9.89 Å². The van der Waals surface area contributed by atoms with Crippen LogP contribution in [0.4, 0.5) is 18.9 Å². The molecule has 3 N–H and O–H groups in total. The maximum absolute atomic E-state index is 13.4. The molecule has 142 valence electrons. The molecule has 1 saturated carbocycles. The number of hydrogen-bond acceptors (Lipinski definition) is 5. The van der Waals surface area contributed by atoms with Gasteiger partial charge in [0.25, 0.3) is 0 Å². The van der Waals surface area contributed by atoms with Gasteiger partial charge in [-0.3, -0.25) is 0 Å². The van der Waals surface area contributed by atoms with Crippen molar-refractivity contribution in [3.05, 3.63) is 34.3 Å². The van der Waals surface area contributed by atoms with E-state index in [4.69, 9.17) is 4.42 Å². The lowest BCUT2D eigenvalue weighted by atomic mass is 9.76. The summed E-state index contributed by atoms with van der Waals surface area (Å²) < 4.78 is 44.9. The molecule has 0 saturated heterocycles. The lowest BCUT2D eigenvalue weighted by Gasteiger charge is -2.40. The lowest BCUT2D eigenvalue weighted by molar-refractivity contribution is -0.137. The molecule has 26 heavy (non-hydrogen) atoms. The fourth-order valence-electron chi connectivity index (χ4n) is 3.29. The van der Waals surface area contributed by atoms with E-state index in [1.165, 1.54) is 12.1 Å². The van der Waals surface area contributed by atoms with E-state index in [0.29, 0.717) is 17.5 Å². The first kappa shape index (κ1) is 18.5. The highest BCUT2D eigenvalue weighted by molar-refractivity contribution is 5.65. The standard InChI is InChI=1S/C17H21F3N4O2/c1-3-21-12-6-11(7-12)9(2)22-14-8-10(15-23-24-16(25)26-15)4-5-13(14)17(18,19)20/h4-5,8-9,11-12,21-22H,3,6-7H2,1-2H3,(H,24,25)/t9-,11?,12?/m0/s1. The second-order valence-corrected chi connectivity index (χ2v) is 6.60. The summed E-state index contributed by atoms with van der Waals surface area (Å²) in [6, 6.07) is 3.84. The fourth-order valence-corrected chi connectivity index (χ4v) is 3.29. The molecule has 1 aromatic carbocycles. The van der Waals surface area contributed by atoms with Crippen LogP contribution in [0.5, 0.6) is 0 Å². The van der Waals surface area contributed by atoms with Crippen LogP contribution in [0.15, 0.2) is 27.4 Å². The van der Waals surface area contributed by atoms with Crippen LogP contribution in [0.2, 0.25) is 0 Å². The van der Waals surface area contributed by atoms with Crippen molar-refractivity contribution in [3.8, 4) is 11.5 Å². The maximum Gasteiger partial charge on any atom is 0.434 e. The summed E-state index contributed by atoms with van der Waals surface area (Å²) in [6.07, 6.45) is -2.63. The molecule has 2 aromatic rings. The van der Waals surface area contributed by atoms with Crippen molar-refractivity contribution < 1.29 is 17.6 Å². The summed E-state index contributed by atoms with van der Waals surface area (Å²) in [6.45, 7) is 4.80. The minimum absolute atomic E-state index is 0.0416. The van der Waals surface area contributed by atoms with E-state index >= 15 is 0 Å². The molecular weight excluding hydrogens is 349 g/mol. The largest absolute Gasteiger partial charge is 0.434 e. The Morgan fingerprint density at radius 2 is 2.12 bits per heavy atom. The van der Waals surface area contributed by atoms with Gasteiger partial charge < -0.3 is 15.1 Å². The van der Waals surface area contributed by atoms with Crippen LogP contribution in [0, 0.1) is 5.92 Å². The molecule has 1 aliphatic carbocycles. The average molecular weight is 370 g/mol. The Kier molecular flexibility index (Phi) is 5.08. The summed E-state index contributed by atoms with van der Waals surface area (Å²) in [7, 11) is 0. The molecule has 1 heterocycles. The molecule has 1 atom stereocenters. The van der Waals surface area contributed by atoms with E-state index in [-0.39, 0.29) is 17.6 Å². The molecule has 0 spiro atoms. The number of aromatic amines is 1. The number of rotatable bonds is 6. The highest BCUT2D eigenvalue weighted by atomic mass is 19.4. The first-order valence-electron chi connectivity index (χ1n) is 8.55. The maximum atomic E-state index is 13.4. The molecule has 0 amide bonds. The number of anilines is 1. The Labute approximate surface area is 148 Å². The van der Waals surface area contributed by atoms with Gasteiger partial charge >= 0.3 is 11.9 Å². The lowest BCUT2D eigenvalue weighted by Crippen LogP contribution is -2.46. The summed E-state index contributed by atoms with van der Waals surface area (Å²) in [5.41, 5.74) is -0.501. The first-order chi connectivity index (χ1) is 12.3. The number of benzene rings is 1. The van der Waals surface area contributed by atoms with Crippen molar-refractivity contribution >= 4 is 5.69 Å². The van der Waals surface area contributed by atoms with Crippen LogP contribution in [0.1, 0.15) is 32.3 Å². The normalized spacial score (nSPS) is 21.3. The Morgan fingerprint density at radius 3 is 2.69 bits per heavy atom. The third-order valence-electron chi connectivity index (χ3n) is 4.77. The van der Waals surface area contributed by atoms with Crippen molar-refractivity contribution in [3.63, 3.8) is 0 Å². The van der Waals surface area contributed by atoms with Gasteiger partial charge in [0.05, 0.1) is 5.56 Å².